The van der Waals surface area contributed by atoms with Crippen molar-refractivity contribution in [1.29, 1.82) is 5.26 Å². The minimum Gasteiger partial charge on any atom is -0.495 e. The van der Waals surface area contributed by atoms with E-state index in [1.54, 1.807) is 19.2 Å². The third-order valence-corrected chi connectivity index (χ3v) is 2.16. The highest BCUT2D eigenvalue weighted by atomic mass is 16.5. The van der Waals surface area contributed by atoms with E-state index in [0.29, 0.717) is 17.9 Å². The van der Waals surface area contributed by atoms with E-state index >= 15 is 0 Å². The van der Waals surface area contributed by atoms with Crippen LogP contribution in [0.25, 0.3) is 0 Å². The van der Waals surface area contributed by atoms with Crippen molar-refractivity contribution in [2.75, 3.05) is 19.0 Å². The standard InChI is InChI=1S/C15H18N2O/c1-15(2,3)8-5-9-17-13-7-6-12(11-16)10-14(13)18-4/h6-7,10,17H,9H2,1-4H3. The van der Waals surface area contributed by atoms with Crippen LogP contribution in [0, 0.1) is 28.6 Å². The molecule has 1 aromatic carbocycles. The van der Waals surface area contributed by atoms with Crippen LogP contribution < -0.4 is 10.1 Å². The molecule has 0 atom stereocenters. The van der Waals surface area contributed by atoms with Crippen molar-refractivity contribution in [3.05, 3.63) is 23.8 Å². The molecule has 0 unspecified atom stereocenters. The Kier molecular flexibility index (Phi) is 4.63. The molecule has 94 valence electrons. The molecule has 0 aliphatic rings. The smallest absolute Gasteiger partial charge is 0.143 e. The lowest BCUT2D eigenvalue weighted by molar-refractivity contribution is 0.416. The van der Waals surface area contributed by atoms with Crippen molar-refractivity contribution in [2.24, 2.45) is 5.41 Å². The van der Waals surface area contributed by atoms with Gasteiger partial charge >= 0.3 is 0 Å². The third kappa shape index (κ3) is 4.39. The molecule has 1 rings (SSSR count). The van der Waals surface area contributed by atoms with Crippen LogP contribution in [0.2, 0.25) is 0 Å². The molecule has 0 aromatic heterocycles. The van der Waals surface area contributed by atoms with Gasteiger partial charge < -0.3 is 10.1 Å². The quantitative estimate of drug-likeness (QED) is 0.829. The average Bonchev–Trinajstić information content (AvgIpc) is 2.33. The van der Waals surface area contributed by atoms with Crippen molar-refractivity contribution in [2.45, 2.75) is 20.8 Å². The molecule has 18 heavy (non-hydrogen) atoms. The first-order chi connectivity index (χ1) is 8.46. The summed E-state index contributed by atoms with van der Waals surface area (Å²) in [4.78, 5) is 0. The molecule has 0 radical (unpaired) electrons. The summed E-state index contributed by atoms with van der Waals surface area (Å²) in [7, 11) is 1.59. The van der Waals surface area contributed by atoms with Gasteiger partial charge in [-0.15, -0.1) is 0 Å². The van der Waals surface area contributed by atoms with Gasteiger partial charge in [-0.25, -0.2) is 0 Å². The van der Waals surface area contributed by atoms with Gasteiger partial charge in [0.25, 0.3) is 0 Å². The highest BCUT2D eigenvalue weighted by Crippen LogP contribution is 2.24. The number of nitrogens with zero attached hydrogens (tertiary/aromatic N) is 1. The molecular weight excluding hydrogens is 224 g/mol. The predicted molar refractivity (Wildman–Crippen MR) is 73.4 cm³/mol. The molecule has 0 bridgehead atoms. The Labute approximate surface area is 109 Å². The van der Waals surface area contributed by atoms with Crippen LogP contribution in [-0.2, 0) is 0 Å². The van der Waals surface area contributed by atoms with Gasteiger partial charge in [0.15, 0.2) is 0 Å². The highest BCUT2D eigenvalue weighted by Gasteiger charge is 2.04. The molecule has 0 spiro atoms. The van der Waals surface area contributed by atoms with Crippen molar-refractivity contribution < 1.29 is 4.74 Å². The lowest BCUT2D eigenvalue weighted by atomic mass is 9.98. The number of benzene rings is 1. The Morgan fingerprint density at radius 1 is 1.33 bits per heavy atom. The Balaban J connectivity index is 2.73. The number of nitrogens with one attached hydrogen (secondary N) is 1. The number of nitriles is 1. The fourth-order valence-electron chi connectivity index (χ4n) is 1.36. The van der Waals surface area contributed by atoms with Crippen LogP contribution in [-0.4, -0.2) is 13.7 Å². The number of hydrogen-bond donors (Lipinski definition) is 1. The summed E-state index contributed by atoms with van der Waals surface area (Å²) in [5.41, 5.74) is 1.44. The lowest BCUT2D eigenvalue weighted by Gasteiger charge is -2.10. The molecule has 0 saturated carbocycles. The van der Waals surface area contributed by atoms with E-state index in [4.69, 9.17) is 10.00 Å². The van der Waals surface area contributed by atoms with E-state index in [0.717, 1.165) is 5.69 Å². The number of rotatable bonds is 3. The maximum Gasteiger partial charge on any atom is 0.143 e. The van der Waals surface area contributed by atoms with Gasteiger partial charge in [-0.3, -0.25) is 0 Å². The maximum atomic E-state index is 8.80. The Bertz CT molecular complexity index is 510. The van der Waals surface area contributed by atoms with Gasteiger partial charge in [-0.2, -0.15) is 5.26 Å². The molecule has 0 fully saturated rings. The van der Waals surface area contributed by atoms with E-state index in [1.807, 2.05) is 6.07 Å². The van der Waals surface area contributed by atoms with Crippen LogP contribution in [0.15, 0.2) is 18.2 Å². The summed E-state index contributed by atoms with van der Waals surface area (Å²) in [6.45, 7) is 6.77. The molecule has 3 nitrogen and oxygen atoms in total. The molecule has 0 heterocycles. The second-order valence-corrected chi connectivity index (χ2v) is 4.93. The summed E-state index contributed by atoms with van der Waals surface area (Å²) >= 11 is 0. The van der Waals surface area contributed by atoms with E-state index in [1.165, 1.54) is 0 Å². The second-order valence-electron chi connectivity index (χ2n) is 4.93. The van der Waals surface area contributed by atoms with E-state index in [-0.39, 0.29) is 5.41 Å². The number of methoxy groups -OCH3 is 1. The van der Waals surface area contributed by atoms with Crippen molar-refractivity contribution in [3.8, 4) is 23.7 Å². The summed E-state index contributed by atoms with van der Waals surface area (Å²) < 4.78 is 5.22. The van der Waals surface area contributed by atoms with Crippen molar-refractivity contribution in [3.63, 3.8) is 0 Å². The van der Waals surface area contributed by atoms with Crippen LogP contribution in [0.4, 0.5) is 5.69 Å². The minimum absolute atomic E-state index is 0.0103. The number of ether oxygens (including phenoxy) is 1. The summed E-state index contributed by atoms with van der Waals surface area (Å²) in [6, 6.07) is 7.37. The van der Waals surface area contributed by atoms with E-state index in [9.17, 15) is 0 Å². The Hall–Kier alpha value is -2.13. The zero-order valence-electron chi connectivity index (χ0n) is 11.3. The van der Waals surface area contributed by atoms with Crippen LogP contribution in [0.1, 0.15) is 26.3 Å². The van der Waals surface area contributed by atoms with E-state index < -0.39 is 0 Å². The Morgan fingerprint density at radius 3 is 2.61 bits per heavy atom. The van der Waals surface area contributed by atoms with Gasteiger partial charge in [0.1, 0.15) is 5.75 Å². The Morgan fingerprint density at radius 2 is 2.06 bits per heavy atom. The molecule has 0 aliphatic carbocycles. The van der Waals surface area contributed by atoms with E-state index in [2.05, 4.69) is 44.0 Å². The van der Waals surface area contributed by atoms with Gasteiger partial charge in [-0.05, 0) is 32.9 Å². The molecule has 0 aliphatic heterocycles. The topological polar surface area (TPSA) is 45.0 Å². The first-order valence-electron chi connectivity index (χ1n) is 5.78. The van der Waals surface area contributed by atoms with Gasteiger partial charge in [-0.1, -0.05) is 11.8 Å². The molecular formula is C15H18N2O. The fourth-order valence-corrected chi connectivity index (χ4v) is 1.36. The average molecular weight is 242 g/mol. The summed E-state index contributed by atoms with van der Waals surface area (Å²) in [5.74, 6) is 6.88. The van der Waals surface area contributed by atoms with Gasteiger partial charge in [0.2, 0.25) is 0 Å². The zero-order valence-corrected chi connectivity index (χ0v) is 11.3. The number of hydrogen-bond acceptors (Lipinski definition) is 3. The predicted octanol–water partition coefficient (Wildman–Crippen LogP) is 3.03. The maximum absolute atomic E-state index is 8.80. The van der Waals surface area contributed by atoms with Gasteiger partial charge in [0.05, 0.1) is 31.0 Å². The zero-order chi connectivity index (χ0) is 13.6. The largest absolute Gasteiger partial charge is 0.495 e. The first-order valence-corrected chi connectivity index (χ1v) is 5.78. The second kappa shape index (κ2) is 5.98. The van der Waals surface area contributed by atoms with Crippen LogP contribution in [0.5, 0.6) is 5.75 Å². The van der Waals surface area contributed by atoms with Crippen LogP contribution >= 0.6 is 0 Å². The summed E-state index contributed by atoms with van der Waals surface area (Å²) in [5, 5.41) is 12.0. The molecule has 3 heteroatoms. The normalized spacial score (nSPS) is 9.94. The number of anilines is 1. The minimum atomic E-state index is 0.0103. The monoisotopic (exact) mass is 242 g/mol. The molecule has 0 saturated heterocycles. The van der Waals surface area contributed by atoms with Crippen molar-refractivity contribution >= 4 is 5.69 Å². The summed E-state index contributed by atoms with van der Waals surface area (Å²) in [6.07, 6.45) is 0. The van der Waals surface area contributed by atoms with Crippen molar-refractivity contribution in [1.82, 2.24) is 0 Å². The third-order valence-electron chi connectivity index (χ3n) is 2.16. The molecule has 1 aromatic rings. The van der Waals surface area contributed by atoms with Gasteiger partial charge in [0, 0.05) is 11.5 Å². The lowest BCUT2D eigenvalue weighted by Crippen LogP contribution is -2.04. The fraction of sp³-hybridized carbons (Fsp3) is 0.400. The SMILES string of the molecule is COc1cc(C#N)ccc1NCC#CC(C)(C)C. The molecule has 0 amide bonds. The first kappa shape index (κ1) is 13.9. The van der Waals surface area contributed by atoms with Crippen LogP contribution in [0.3, 0.4) is 0 Å². The highest BCUT2D eigenvalue weighted by molar-refractivity contribution is 5.59. The molecule has 1 N–H and O–H groups in total.